The van der Waals surface area contributed by atoms with Crippen molar-refractivity contribution in [3.8, 4) is 11.5 Å². The van der Waals surface area contributed by atoms with Crippen LogP contribution in [-0.2, 0) is 9.53 Å². The largest absolute Gasteiger partial charge is 0.497 e. The molecular formula is C18H15NO4. The number of hydrogen-bond donors (Lipinski definition) is 0. The maximum absolute atomic E-state index is 12.1. The van der Waals surface area contributed by atoms with Gasteiger partial charge in [0.15, 0.2) is 0 Å². The number of cyclic esters (lactones) is 1. The summed E-state index contributed by atoms with van der Waals surface area (Å²) in [6, 6.07) is 8.96. The van der Waals surface area contributed by atoms with E-state index in [4.69, 9.17) is 14.2 Å². The van der Waals surface area contributed by atoms with E-state index in [0.717, 1.165) is 5.56 Å². The first-order valence-electron chi connectivity index (χ1n) is 6.99. The minimum atomic E-state index is -0.401. The van der Waals surface area contributed by atoms with E-state index < -0.39 is 5.97 Å². The van der Waals surface area contributed by atoms with Gasteiger partial charge in [0.1, 0.15) is 17.3 Å². The topological polar surface area (TPSA) is 57.7 Å². The third-order valence-corrected chi connectivity index (χ3v) is 3.43. The number of ether oxygens (including phenoxy) is 3. The fourth-order valence-corrected chi connectivity index (χ4v) is 2.27. The Balaban J connectivity index is 2.00. The lowest BCUT2D eigenvalue weighted by molar-refractivity contribution is -0.130. The van der Waals surface area contributed by atoms with Gasteiger partial charge in [-0.2, -0.15) is 0 Å². The highest BCUT2D eigenvalue weighted by molar-refractivity contribution is 6.05. The summed E-state index contributed by atoms with van der Waals surface area (Å²) in [6.07, 6.45) is 6.79. The van der Waals surface area contributed by atoms with Crippen molar-refractivity contribution >= 4 is 17.8 Å². The molecule has 2 heterocycles. The third kappa shape index (κ3) is 3.08. The number of aromatic nitrogens is 1. The Morgan fingerprint density at radius 3 is 2.57 bits per heavy atom. The molecule has 3 rings (SSSR count). The molecule has 0 amide bonds. The van der Waals surface area contributed by atoms with Crippen molar-refractivity contribution in [2.24, 2.45) is 0 Å². The van der Waals surface area contributed by atoms with E-state index >= 15 is 0 Å². The Labute approximate surface area is 133 Å². The van der Waals surface area contributed by atoms with Gasteiger partial charge in [0.25, 0.3) is 0 Å². The van der Waals surface area contributed by atoms with E-state index in [-0.39, 0.29) is 0 Å². The molecule has 0 aliphatic carbocycles. The molecule has 5 heteroatoms. The normalized spacial score (nSPS) is 15.3. The second-order valence-electron chi connectivity index (χ2n) is 4.84. The van der Waals surface area contributed by atoms with Gasteiger partial charge in [0.05, 0.1) is 25.4 Å². The number of carbonyl (C=O) groups excluding carboxylic acids is 1. The van der Waals surface area contributed by atoms with E-state index in [1.807, 2.05) is 12.1 Å². The van der Waals surface area contributed by atoms with Gasteiger partial charge in [-0.1, -0.05) is 0 Å². The molecule has 116 valence electrons. The van der Waals surface area contributed by atoms with E-state index in [9.17, 15) is 4.79 Å². The highest BCUT2D eigenvalue weighted by atomic mass is 16.5. The summed E-state index contributed by atoms with van der Waals surface area (Å²) >= 11 is 0. The highest BCUT2D eigenvalue weighted by Crippen LogP contribution is 2.35. The van der Waals surface area contributed by atoms with Crippen molar-refractivity contribution in [3.05, 3.63) is 65.5 Å². The minimum Gasteiger partial charge on any atom is -0.497 e. The van der Waals surface area contributed by atoms with Crippen LogP contribution in [0.5, 0.6) is 11.5 Å². The molecule has 0 fully saturated rings. The maximum Gasteiger partial charge on any atom is 0.343 e. The number of benzene rings is 1. The predicted octanol–water partition coefficient (Wildman–Crippen LogP) is 3.08. The molecule has 2 aromatic rings. The number of nitrogens with zero attached hydrogens (tertiary/aromatic N) is 1. The standard InChI is InChI=1S/C18H15NO4/c1-21-14-3-4-16(22-2)15(11-14)17-10-13(18(20)23-17)9-12-5-7-19-8-6-12/h3-11H,1-2H3/b13-9-. The van der Waals surface area contributed by atoms with Gasteiger partial charge >= 0.3 is 5.97 Å². The molecule has 0 unspecified atom stereocenters. The number of hydrogen-bond acceptors (Lipinski definition) is 5. The van der Waals surface area contributed by atoms with Crippen molar-refractivity contribution in [1.82, 2.24) is 4.98 Å². The fourth-order valence-electron chi connectivity index (χ4n) is 2.27. The lowest BCUT2D eigenvalue weighted by atomic mass is 10.1. The predicted molar refractivity (Wildman–Crippen MR) is 85.8 cm³/mol. The van der Waals surface area contributed by atoms with Crippen molar-refractivity contribution in [3.63, 3.8) is 0 Å². The molecule has 0 atom stereocenters. The van der Waals surface area contributed by atoms with Crippen LogP contribution >= 0.6 is 0 Å². The monoisotopic (exact) mass is 309 g/mol. The first kappa shape index (κ1) is 14.8. The second-order valence-corrected chi connectivity index (χ2v) is 4.84. The molecule has 5 nitrogen and oxygen atoms in total. The summed E-state index contributed by atoms with van der Waals surface area (Å²) in [5, 5.41) is 0. The molecule has 0 saturated carbocycles. The molecule has 0 bridgehead atoms. The summed E-state index contributed by atoms with van der Waals surface area (Å²) in [5.41, 5.74) is 2.01. The molecule has 0 spiro atoms. The second kappa shape index (κ2) is 6.36. The van der Waals surface area contributed by atoms with Crippen molar-refractivity contribution in [2.75, 3.05) is 14.2 Å². The van der Waals surface area contributed by atoms with E-state index in [0.29, 0.717) is 28.4 Å². The highest BCUT2D eigenvalue weighted by Gasteiger charge is 2.24. The summed E-state index contributed by atoms with van der Waals surface area (Å²) in [4.78, 5) is 16.0. The van der Waals surface area contributed by atoms with E-state index in [1.165, 1.54) is 0 Å². The van der Waals surface area contributed by atoms with Crippen LogP contribution in [0.4, 0.5) is 0 Å². The molecule has 0 saturated heterocycles. The molecule has 0 radical (unpaired) electrons. The SMILES string of the molecule is COc1ccc(OC)c(C2=C/C(=C/c3ccncc3)C(=O)O2)c1. The Morgan fingerprint density at radius 1 is 1.09 bits per heavy atom. The van der Waals surface area contributed by atoms with Crippen LogP contribution < -0.4 is 9.47 Å². The fraction of sp³-hybridized carbons (Fsp3) is 0.111. The van der Waals surface area contributed by atoms with Gasteiger partial charge in [-0.25, -0.2) is 4.79 Å². The Hall–Kier alpha value is -3.08. The van der Waals surface area contributed by atoms with Gasteiger partial charge in [-0.05, 0) is 48.0 Å². The van der Waals surface area contributed by atoms with Gasteiger partial charge in [0, 0.05) is 12.4 Å². The number of rotatable bonds is 4. The zero-order valence-corrected chi connectivity index (χ0v) is 12.8. The molecular weight excluding hydrogens is 294 g/mol. The Bertz CT molecular complexity index is 794. The van der Waals surface area contributed by atoms with Crippen LogP contribution in [0.2, 0.25) is 0 Å². The molecule has 1 aromatic carbocycles. The van der Waals surface area contributed by atoms with Crippen molar-refractivity contribution < 1.29 is 19.0 Å². The number of carbonyl (C=O) groups is 1. The summed E-state index contributed by atoms with van der Waals surface area (Å²) in [5.74, 6) is 1.30. The molecule has 0 N–H and O–H groups in total. The van der Waals surface area contributed by atoms with Crippen molar-refractivity contribution in [1.29, 1.82) is 0 Å². The number of esters is 1. The van der Waals surface area contributed by atoms with Crippen LogP contribution in [0.3, 0.4) is 0 Å². The molecule has 1 aliphatic heterocycles. The lowest BCUT2D eigenvalue weighted by Gasteiger charge is -2.10. The molecule has 23 heavy (non-hydrogen) atoms. The summed E-state index contributed by atoms with van der Waals surface area (Å²) in [6.45, 7) is 0. The van der Waals surface area contributed by atoms with Gasteiger partial charge in [-0.15, -0.1) is 0 Å². The Morgan fingerprint density at radius 2 is 1.87 bits per heavy atom. The van der Waals surface area contributed by atoms with E-state index in [2.05, 4.69) is 4.98 Å². The average molecular weight is 309 g/mol. The molecule has 1 aliphatic rings. The van der Waals surface area contributed by atoms with Gasteiger partial charge in [-0.3, -0.25) is 4.98 Å². The Kier molecular flexibility index (Phi) is 4.10. The van der Waals surface area contributed by atoms with Crippen LogP contribution in [0.1, 0.15) is 11.1 Å². The van der Waals surface area contributed by atoms with Crippen LogP contribution in [0.15, 0.2) is 54.4 Å². The summed E-state index contributed by atoms with van der Waals surface area (Å²) in [7, 11) is 3.14. The van der Waals surface area contributed by atoms with Crippen LogP contribution in [0.25, 0.3) is 11.8 Å². The molecule has 1 aromatic heterocycles. The number of methoxy groups -OCH3 is 2. The maximum atomic E-state index is 12.1. The van der Waals surface area contributed by atoms with Gasteiger partial charge < -0.3 is 14.2 Å². The third-order valence-electron chi connectivity index (χ3n) is 3.43. The zero-order chi connectivity index (χ0) is 16.2. The minimum absolute atomic E-state index is 0.401. The average Bonchev–Trinajstić information content (AvgIpc) is 2.95. The van der Waals surface area contributed by atoms with Crippen LogP contribution in [-0.4, -0.2) is 25.2 Å². The first-order chi connectivity index (χ1) is 11.2. The lowest BCUT2D eigenvalue weighted by Crippen LogP contribution is -1.98. The summed E-state index contributed by atoms with van der Waals surface area (Å²) < 4.78 is 15.9. The quantitative estimate of drug-likeness (QED) is 0.641. The smallest absolute Gasteiger partial charge is 0.343 e. The van der Waals surface area contributed by atoms with Crippen LogP contribution in [0, 0.1) is 0 Å². The van der Waals surface area contributed by atoms with E-state index in [1.54, 1.807) is 57.0 Å². The number of pyridine rings is 1. The zero-order valence-electron chi connectivity index (χ0n) is 12.8. The van der Waals surface area contributed by atoms with Gasteiger partial charge in [0.2, 0.25) is 0 Å². The van der Waals surface area contributed by atoms with Crippen molar-refractivity contribution in [2.45, 2.75) is 0 Å². The first-order valence-corrected chi connectivity index (χ1v) is 6.99.